The Bertz CT molecular complexity index is 586. The summed E-state index contributed by atoms with van der Waals surface area (Å²) in [6, 6.07) is 0. The second kappa shape index (κ2) is 10.9. The molecule has 0 unspecified atom stereocenters. The van der Waals surface area contributed by atoms with Crippen molar-refractivity contribution in [1.82, 2.24) is 0 Å². The largest absolute Gasteiger partial charge is 0.462 e. The maximum Gasteiger partial charge on any atom is 0.302 e. The van der Waals surface area contributed by atoms with Crippen LogP contribution in [0.25, 0.3) is 0 Å². The van der Waals surface area contributed by atoms with Crippen molar-refractivity contribution in [2.24, 2.45) is 5.92 Å². The number of carbonyl (C=O) groups excluding carboxylic acids is 2. The van der Waals surface area contributed by atoms with Gasteiger partial charge in [0.25, 0.3) is 0 Å². The second-order valence-corrected chi connectivity index (χ2v) is 8.50. The molecule has 2 N–H and O–H groups in total. The van der Waals surface area contributed by atoms with Gasteiger partial charge in [-0.2, -0.15) is 0 Å². The topological polar surface area (TPSA) is 93.1 Å². The molecule has 1 heterocycles. The van der Waals surface area contributed by atoms with Crippen LogP contribution in [0.4, 0.5) is 0 Å². The van der Waals surface area contributed by atoms with Crippen LogP contribution >= 0.6 is 0 Å². The van der Waals surface area contributed by atoms with Crippen LogP contribution in [0.15, 0.2) is 23.8 Å². The minimum absolute atomic E-state index is 0.00898. The van der Waals surface area contributed by atoms with E-state index in [1.807, 2.05) is 19.9 Å². The van der Waals surface area contributed by atoms with E-state index >= 15 is 0 Å². The van der Waals surface area contributed by atoms with E-state index in [2.05, 4.69) is 0 Å². The molecule has 0 bridgehead atoms. The van der Waals surface area contributed by atoms with Crippen LogP contribution in [-0.4, -0.2) is 52.5 Å². The molecule has 6 heteroatoms. The van der Waals surface area contributed by atoms with Crippen molar-refractivity contribution in [3.63, 3.8) is 0 Å². The van der Waals surface area contributed by atoms with Gasteiger partial charge in [-0.3, -0.25) is 9.59 Å². The predicted molar refractivity (Wildman–Crippen MR) is 108 cm³/mol. The van der Waals surface area contributed by atoms with Gasteiger partial charge in [-0.1, -0.05) is 13.0 Å². The number of esters is 1. The Morgan fingerprint density at radius 3 is 2.71 bits per heavy atom. The summed E-state index contributed by atoms with van der Waals surface area (Å²) in [4.78, 5) is 23.0. The zero-order chi connectivity index (χ0) is 21.4. The Labute approximate surface area is 168 Å². The average Bonchev–Trinajstić information content (AvgIpc) is 2.72. The highest BCUT2D eigenvalue weighted by Gasteiger charge is 2.36. The van der Waals surface area contributed by atoms with E-state index in [1.165, 1.54) is 19.1 Å². The Hall–Kier alpha value is -1.50. The maximum absolute atomic E-state index is 12.1. The van der Waals surface area contributed by atoms with Gasteiger partial charge in [0.15, 0.2) is 5.78 Å². The van der Waals surface area contributed by atoms with Crippen LogP contribution in [0.3, 0.4) is 0 Å². The van der Waals surface area contributed by atoms with Crippen molar-refractivity contribution >= 4 is 11.8 Å². The lowest BCUT2D eigenvalue weighted by Gasteiger charge is -2.33. The van der Waals surface area contributed by atoms with Crippen LogP contribution in [0.1, 0.15) is 66.7 Å². The van der Waals surface area contributed by atoms with E-state index in [9.17, 15) is 19.8 Å². The number of allylic oxidation sites excluding steroid dienone is 1. The number of aliphatic hydroxyl groups excluding tert-OH is 1. The summed E-state index contributed by atoms with van der Waals surface area (Å²) in [6.07, 6.45) is 7.60. The van der Waals surface area contributed by atoms with E-state index in [-0.39, 0.29) is 24.3 Å². The molecule has 28 heavy (non-hydrogen) atoms. The fourth-order valence-corrected chi connectivity index (χ4v) is 3.08. The molecule has 0 saturated carbocycles. The monoisotopic (exact) mass is 396 g/mol. The zero-order valence-corrected chi connectivity index (χ0v) is 17.9. The molecule has 1 aliphatic heterocycles. The molecule has 1 rings (SSSR count). The summed E-state index contributed by atoms with van der Waals surface area (Å²) >= 11 is 0. The molecule has 1 aliphatic rings. The van der Waals surface area contributed by atoms with Crippen molar-refractivity contribution in [3.05, 3.63) is 23.8 Å². The number of hydrogen-bond acceptors (Lipinski definition) is 6. The first kappa shape index (κ1) is 24.5. The van der Waals surface area contributed by atoms with Crippen LogP contribution in [0, 0.1) is 5.92 Å². The van der Waals surface area contributed by atoms with Gasteiger partial charge in [-0.25, -0.2) is 0 Å². The Kier molecular flexibility index (Phi) is 9.54. The molecule has 0 aromatic heterocycles. The Balaban J connectivity index is 2.52. The molecule has 0 spiro atoms. The molecule has 3 atom stereocenters. The van der Waals surface area contributed by atoms with Crippen LogP contribution in [-0.2, 0) is 19.1 Å². The van der Waals surface area contributed by atoms with Gasteiger partial charge in [0, 0.05) is 12.8 Å². The fourth-order valence-electron chi connectivity index (χ4n) is 3.08. The molecule has 0 aromatic carbocycles. The summed E-state index contributed by atoms with van der Waals surface area (Å²) in [5.74, 6) is -0.480. The van der Waals surface area contributed by atoms with Gasteiger partial charge in [0.2, 0.25) is 0 Å². The van der Waals surface area contributed by atoms with Crippen molar-refractivity contribution in [2.75, 3.05) is 13.2 Å². The minimum Gasteiger partial charge on any atom is -0.462 e. The van der Waals surface area contributed by atoms with Gasteiger partial charge in [-0.15, -0.1) is 0 Å². The molecule has 0 aliphatic carbocycles. The van der Waals surface area contributed by atoms with Gasteiger partial charge >= 0.3 is 5.97 Å². The van der Waals surface area contributed by atoms with E-state index in [0.717, 1.165) is 12.0 Å². The molecular formula is C22H36O6. The van der Waals surface area contributed by atoms with Gasteiger partial charge in [0.1, 0.15) is 6.61 Å². The van der Waals surface area contributed by atoms with Crippen LogP contribution < -0.4 is 0 Å². The van der Waals surface area contributed by atoms with Gasteiger partial charge in [0.05, 0.1) is 23.9 Å². The SMILES string of the molecule is CC(=O)OC/C=C1\CC[C@H](O)[C@@](C)(CCC[C@H](C)C(=O)/C=C/C(C)(C)O)OC1. The third-order valence-corrected chi connectivity index (χ3v) is 5.14. The molecule has 6 nitrogen and oxygen atoms in total. The lowest BCUT2D eigenvalue weighted by atomic mass is 9.87. The molecule has 160 valence electrons. The van der Waals surface area contributed by atoms with E-state index in [0.29, 0.717) is 32.3 Å². The number of ether oxygens (including phenoxy) is 2. The number of hydrogen-bond donors (Lipinski definition) is 2. The van der Waals surface area contributed by atoms with Crippen LogP contribution in [0.5, 0.6) is 0 Å². The van der Waals surface area contributed by atoms with Crippen molar-refractivity contribution in [2.45, 2.75) is 84.0 Å². The Morgan fingerprint density at radius 1 is 1.43 bits per heavy atom. The number of rotatable bonds is 9. The molecule has 0 amide bonds. The highest BCUT2D eigenvalue weighted by molar-refractivity contribution is 5.91. The maximum atomic E-state index is 12.1. The minimum atomic E-state index is -0.998. The lowest BCUT2D eigenvalue weighted by Crippen LogP contribution is -2.41. The fraction of sp³-hybridized carbons (Fsp3) is 0.727. The second-order valence-electron chi connectivity index (χ2n) is 8.50. The molecule has 1 saturated heterocycles. The normalized spacial score (nSPS) is 26.2. The van der Waals surface area contributed by atoms with Gasteiger partial charge < -0.3 is 19.7 Å². The van der Waals surface area contributed by atoms with Crippen molar-refractivity contribution in [3.8, 4) is 0 Å². The predicted octanol–water partition coefficient (Wildman–Crippen LogP) is 3.11. The number of aliphatic hydroxyl groups is 2. The first-order chi connectivity index (χ1) is 12.9. The highest BCUT2D eigenvalue weighted by atomic mass is 16.5. The zero-order valence-electron chi connectivity index (χ0n) is 17.9. The smallest absolute Gasteiger partial charge is 0.302 e. The van der Waals surface area contributed by atoms with Crippen molar-refractivity contribution < 1.29 is 29.3 Å². The Morgan fingerprint density at radius 2 is 2.11 bits per heavy atom. The summed E-state index contributed by atoms with van der Waals surface area (Å²) in [5, 5.41) is 20.2. The van der Waals surface area contributed by atoms with E-state index in [1.54, 1.807) is 13.8 Å². The first-order valence-electron chi connectivity index (χ1n) is 10.0. The standard InChI is InChI=1S/C22H36O6/c1-16(19(24)10-13-21(3,4)26)7-6-12-22(5)20(25)9-8-18(15-28-22)11-14-27-17(2)23/h10-11,13,16,20,25-26H,6-9,12,14-15H2,1-5H3/b13-10+,18-11+/t16-,20-,22+/m0/s1. The first-order valence-corrected chi connectivity index (χ1v) is 10.0. The average molecular weight is 397 g/mol. The quantitative estimate of drug-likeness (QED) is 0.353. The molecule has 0 radical (unpaired) electrons. The third-order valence-electron chi connectivity index (χ3n) is 5.14. The number of carbonyl (C=O) groups is 2. The van der Waals surface area contributed by atoms with E-state index in [4.69, 9.17) is 9.47 Å². The van der Waals surface area contributed by atoms with E-state index < -0.39 is 17.3 Å². The summed E-state index contributed by atoms with van der Waals surface area (Å²) in [6.45, 7) is 9.03. The van der Waals surface area contributed by atoms with Gasteiger partial charge in [-0.05, 0) is 70.6 Å². The summed E-state index contributed by atoms with van der Waals surface area (Å²) in [7, 11) is 0. The summed E-state index contributed by atoms with van der Waals surface area (Å²) < 4.78 is 10.9. The number of ketones is 1. The third kappa shape index (κ3) is 9.13. The molecule has 1 fully saturated rings. The van der Waals surface area contributed by atoms with Crippen molar-refractivity contribution in [1.29, 1.82) is 0 Å². The van der Waals surface area contributed by atoms with Crippen LogP contribution in [0.2, 0.25) is 0 Å². The molecule has 0 aromatic rings. The lowest BCUT2D eigenvalue weighted by molar-refractivity contribution is -0.139. The highest BCUT2D eigenvalue weighted by Crippen LogP contribution is 2.31. The summed E-state index contributed by atoms with van der Waals surface area (Å²) in [5.41, 5.74) is -0.644. The molecular weight excluding hydrogens is 360 g/mol.